The van der Waals surface area contributed by atoms with Gasteiger partial charge < -0.3 is 5.32 Å². The lowest BCUT2D eigenvalue weighted by atomic mass is 9.82. The summed E-state index contributed by atoms with van der Waals surface area (Å²) < 4.78 is 13.3. The quantitative estimate of drug-likeness (QED) is 0.819. The van der Waals surface area contributed by atoms with Crippen LogP contribution < -0.4 is 5.32 Å². The van der Waals surface area contributed by atoms with Crippen molar-refractivity contribution in [2.75, 3.05) is 5.32 Å². The third-order valence-corrected chi connectivity index (χ3v) is 2.73. The molecule has 1 aliphatic carbocycles. The lowest BCUT2D eigenvalue weighted by Crippen LogP contribution is -2.34. The van der Waals surface area contributed by atoms with Gasteiger partial charge in [0.1, 0.15) is 0 Å². The lowest BCUT2D eigenvalue weighted by molar-refractivity contribution is 0.307. The smallest absolute Gasteiger partial charge is 0.166 e. The fourth-order valence-corrected chi connectivity index (χ4v) is 1.88. The monoisotopic (exact) mass is 214 g/mol. The molecule has 0 radical (unpaired) electrons. The summed E-state index contributed by atoms with van der Waals surface area (Å²) in [6.07, 6.45) is 3.63. The SMILES string of the molecule is CC1CC(Nc2ncc(Cl)cc2F)C1. The summed E-state index contributed by atoms with van der Waals surface area (Å²) in [7, 11) is 0. The van der Waals surface area contributed by atoms with Crippen molar-refractivity contribution in [2.24, 2.45) is 5.92 Å². The van der Waals surface area contributed by atoms with Crippen molar-refractivity contribution in [3.05, 3.63) is 23.1 Å². The van der Waals surface area contributed by atoms with Gasteiger partial charge in [-0.3, -0.25) is 0 Å². The van der Waals surface area contributed by atoms with Crippen LogP contribution in [-0.2, 0) is 0 Å². The van der Waals surface area contributed by atoms with E-state index in [1.807, 2.05) is 0 Å². The predicted molar refractivity (Wildman–Crippen MR) is 55.0 cm³/mol. The minimum atomic E-state index is -0.378. The molecule has 4 heteroatoms. The Morgan fingerprint density at radius 2 is 2.29 bits per heavy atom. The van der Waals surface area contributed by atoms with E-state index in [-0.39, 0.29) is 5.82 Å². The second-order valence-electron chi connectivity index (χ2n) is 3.90. The first kappa shape index (κ1) is 9.71. The van der Waals surface area contributed by atoms with Crippen LogP contribution in [0.2, 0.25) is 5.02 Å². The van der Waals surface area contributed by atoms with E-state index in [0.717, 1.165) is 18.8 Å². The molecule has 76 valence electrons. The van der Waals surface area contributed by atoms with Crippen LogP contribution in [-0.4, -0.2) is 11.0 Å². The highest BCUT2D eigenvalue weighted by molar-refractivity contribution is 6.30. The topological polar surface area (TPSA) is 24.9 Å². The number of pyridine rings is 1. The molecule has 1 aliphatic rings. The molecule has 0 aromatic carbocycles. The van der Waals surface area contributed by atoms with Gasteiger partial charge in [0, 0.05) is 12.2 Å². The number of halogens is 2. The third-order valence-electron chi connectivity index (χ3n) is 2.52. The molecule has 1 heterocycles. The molecule has 1 saturated carbocycles. The Labute approximate surface area is 87.5 Å². The molecule has 1 aromatic heterocycles. The Balaban J connectivity index is 2.02. The summed E-state index contributed by atoms with van der Waals surface area (Å²) in [6.45, 7) is 2.18. The zero-order chi connectivity index (χ0) is 10.1. The van der Waals surface area contributed by atoms with Gasteiger partial charge >= 0.3 is 0 Å². The number of aromatic nitrogens is 1. The second-order valence-corrected chi connectivity index (χ2v) is 4.34. The summed E-state index contributed by atoms with van der Waals surface area (Å²) in [5, 5.41) is 3.39. The Morgan fingerprint density at radius 1 is 1.57 bits per heavy atom. The van der Waals surface area contributed by atoms with E-state index < -0.39 is 0 Å². The van der Waals surface area contributed by atoms with Gasteiger partial charge in [0.15, 0.2) is 11.6 Å². The van der Waals surface area contributed by atoms with E-state index in [0.29, 0.717) is 16.9 Å². The number of nitrogens with one attached hydrogen (secondary N) is 1. The van der Waals surface area contributed by atoms with Gasteiger partial charge in [-0.2, -0.15) is 0 Å². The molecule has 1 aromatic rings. The Bertz CT molecular complexity index is 337. The van der Waals surface area contributed by atoms with E-state index in [9.17, 15) is 4.39 Å². The zero-order valence-corrected chi connectivity index (χ0v) is 8.68. The molecule has 2 rings (SSSR count). The van der Waals surface area contributed by atoms with Gasteiger partial charge in [-0.15, -0.1) is 0 Å². The highest BCUT2D eigenvalue weighted by atomic mass is 35.5. The summed E-state index contributed by atoms with van der Waals surface area (Å²) in [5.74, 6) is 0.672. The fourth-order valence-electron chi connectivity index (χ4n) is 1.73. The summed E-state index contributed by atoms with van der Waals surface area (Å²) >= 11 is 5.59. The van der Waals surface area contributed by atoms with Crippen LogP contribution in [0, 0.1) is 11.7 Å². The molecule has 0 spiro atoms. The summed E-state index contributed by atoms with van der Waals surface area (Å²) in [4.78, 5) is 3.91. The van der Waals surface area contributed by atoms with Gasteiger partial charge in [0.25, 0.3) is 0 Å². The number of anilines is 1. The molecule has 2 nitrogen and oxygen atoms in total. The number of nitrogens with zero attached hydrogens (tertiary/aromatic N) is 1. The third kappa shape index (κ3) is 1.98. The van der Waals surface area contributed by atoms with E-state index in [2.05, 4.69) is 17.2 Å². The number of hydrogen-bond donors (Lipinski definition) is 1. The Hall–Kier alpha value is -0.830. The van der Waals surface area contributed by atoms with E-state index in [1.165, 1.54) is 12.3 Å². The molecule has 0 aliphatic heterocycles. The molecule has 0 bridgehead atoms. The van der Waals surface area contributed by atoms with E-state index >= 15 is 0 Å². The normalized spacial score (nSPS) is 25.6. The Kier molecular flexibility index (Phi) is 2.59. The van der Waals surface area contributed by atoms with Crippen molar-refractivity contribution in [1.29, 1.82) is 0 Å². The zero-order valence-electron chi connectivity index (χ0n) is 7.93. The highest BCUT2D eigenvalue weighted by Gasteiger charge is 2.25. The van der Waals surface area contributed by atoms with Gasteiger partial charge in [-0.05, 0) is 24.8 Å². The average Bonchev–Trinajstić information content (AvgIpc) is 2.06. The van der Waals surface area contributed by atoms with Crippen LogP contribution in [0.5, 0.6) is 0 Å². The van der Waals surface area contributed by atoms with E-state index in [4.69, 9.17) is 11.6 Å². The number of hydrogen-bond acceptors (Lipinski definition) is 2. The minimum absolute atomic E-state index is 0.311. The molecule has 1 N–H and O–H groups in total. The first-order chi connectivity index (χ1) is 6.65. The van der Waals surface area contributed by atoms with Crippen molar-refractivity contribution in [1.82, 2.24) is 4.98 Å². The van der Waals surface area contributed by atoms with Crippen molar-refractivity contribution in [3.8, 4) is 0 Å². The number of rotatable bonds is 2. The van der Waals surface area contributed by atoms with Crippen LogP contribution in [0.25, 0.3) is 0 Å². The standard InChI is InChI=1S/C10H12ClFN2/c1-6-2-8(3-6)14-10-9(12)4-7(11)5-13-10/h4-6,8H,2-3H2,1H3,(H,13,14). The first-order valence-electron chi connectivity index (χ1n) is 4.72. The highest BCUT2D eigenvalue weighted by Crippen LogP contribution is 2.29. The molecule has 0 atom stereocenters. The molecule has 14 heavy (non-hydrogen) atoms. The largest absolute Gasteiger partial charge is 0.365 e. The molecule has 0 amide bonds. The predicted octanol–water partition coefficient (Wildman–Crippen LogP) is 3.08. The maximum atomic E-state index is 13.3. The van der Waals surface area contributed by atoms with Crippen molar-refractivity contribution >= 4 is 17.4 Å². The minimum Gasteiger partial charge on any atom is -0.365 e. The van der Waals surface area contributed by atoms with Gasteiger partial charge in [-0.25, -0.2) is 9.37 Å². The Morgan fingerprint density at radius 3 is 2.86 bits per heavy atom. The molecular formula is C10H12ClFN2. The van der Waals surface area contributed by atoms with Crippen molar-refractivity contribution in [2.45, 2.75) is 25.8 Å². The van der Waals surface area contributed by atoms with Crippen LogP contribution in [0.4, 0.5) is 10.2 Å². The van der Waals surface area contributed by atoms with Crippen LogP contribution >= 0.6 is 11.6 Å². The molecule has 0 unspecified atom stereocenters. The van der Waals surface area contributed by atoms with Crippen molar-refractivity contribution in [3.63, 3.8) is 0 Å². The van der Waals surface area contributed by atoms with Gasteiger partial charge in [-0.1, -0.05) is 18.5 Å². The van der Waals surface area contributed by atoms with E-state index in [1.54, 1.807) is 0 Å². The van der Waals surface area contributed by atoms with Crippen LogP contribution in [0.3, 0.4) is 0 Å². The molecule has 1 fully saturated rings. The molecule has 0 saturated heterocycles. The molecular weight excluding hydrogens is 203 g/mol. The van der Waals surface area contributed by atoms with Crippen molar-refractivity contribution < 1.29 is 4.39 Å². The van der Waals surface area contributed by atoms with Crippen LogP contribution in [0.15, 0.2) is 12.3 Å². The average molecular weight is 215 g/mol. The second kappa shape index (κ2) is 3.73. The van der Waals surface area contributed by atoms with Gasteiger partial charge in [0.2, 0.25) is 0 Å². The van der Waals surface area contributed by atoms with Gasteiger partial charge in [0.05, 0.1) is 5.02 Å². The summed E-state index contributed by atoms with van der Waals surface area (Å²) in [5.41, 5.74) is 0. The van der Waals surface area contributed by atoms with Crippen LogP contribution in [0.1, 0.15) is 19.8 Å². The summed E-state index contributed by atoms with van der Waals surface area (Å²) in [6, 6.07) is 1.65. The maximum Gasteiger partial charge on any atom is 0.166 e. The lowest BCUT2D eigenvalue weighted by Gasteiger charge is -2.33. The fraction of sp³-hybridized carbons (Fsp3) is 0.500. The first-order valence-corrected chi connectivity index (χ1v) is 5.10. The maximum absolute atomic E-state index is 13.3.